The van der Waals surface area contributed by atoms with Gasteiger partial charge in [-0.3, -0.25) is 4.79 Å². The van der Waals surface area contributed by atoms with Crippen LogP contribution in [0.4, 0.5) is 5.69 Å². The van der Waals surface area contributed by atoms with Crippen LogP contribution in [-0.2, 0) is 0 Å². The van der Waals surface area contributed by atoms with Crippen molar-refractivity contribution in [3.05, 3.63) is 62.1 Å². The lowest BCUT2D eigenvalue weighted by Gasteiger charge is -2.09. The van der Waals surface area contributed by atoms with E-state index in [4.69, 9.17) is 46.4 Å². The van der Waals surface area contributed by atoms with Gasteiger partial charge in [0.1, 0.15) is 0 Å². The van der Waals surface area contributed by atoms with Crippen LogP contribution in [0.5, 0.6) is 0 Å². The number of rotatable bonds is 2. The summed E-state index contributed by atoms with van der Waals surface area (Å²) in [6.07, 6.45) is 0. The molecule has 0 bridgehead atoms. The predicted octanol–water partition coefficient (Wildman–Crippen LogP) is 5.55. The van der Waals surface area contributed by atoms with E-state index in [1.165, 1.54) is 6.07 Å². The van der Waals surface area contributed by atoms with E-state index >= 15 is 0 Å². The SMILES string of the molecule is O=C(Nc1cccc(Cl)c1Cl)c1cc(Cl)ccc1Cl. The average molecular weight is 335 g/mol. The lowest BCUT2D eigenvalue weighted by molar-refractivity contribution is 0.102. The Morgan fingerprint density at radius 3 is 2.42 bits per heavy atom. The molecule has 0 unspecified atom stereocenters. The van der Waals surface area contributed by atoms with Crippen LogP contribution in [0.2, 0.25) is 20.1 Å². The second-order valence-electron chi connectivity index (χ2n) is 3.68. The maximum Gasteiger partial charge on any atom is 0.257 e. The van der Waals surface area contributed by atoms with E-state index < -0.39 is 5.91 Å². The van der Waals surface area contributed by atoms with Crippen LogP contribution in [0, 0.1) is 0 Å². The van der Waals surface area contributed by atoms with E-state index in [-0.39, 0.29) is 10.6 Å². The molecule has 0 heterocycles. The minimum Gasteiger partial charge on any atom is -0.321 e. The highest BCUT2D eigenvalue weighted by Crippen LogP contribution is 2.30. The highest BCUT2D eigenvalue weighted by molar-refractivity contribution is 6.44. The zero-order chi connectivity index (χ0) is 14.0. The molecule has 19 heavy (non-hydrogen) atoms. The number of hydrogen-bond donors (Lipinski definition) is 1. The summed E-state index contributed by atoms with van der Waals surface area (Å²) in [4.78, 5) is 12.1. The summed E-state index contributed by atoms with van der Waals surface area (Å²) in [5.74, 6) is -0.406. The molecular weight excluding hydrogens is 328 g/mol. The third kappa shape index (κ3) is 3.34. The van der Waals surface area contributed by atoms with Crippen molar-refractivity contribution in [1.82, 2.24) is 0 Å². The second kappa shape index (κ2) is 6.02. The topological polar surface area (TPSA) is 29.1 Å². The molecule has 0 aromatic heterocycles. The number of benzene rings is 2. The first kappa shape index (κ1) is 14.5. The van der Waals surface area contributed by atoms with Crippen LogP contribution in [0.25, 0.3) is 0 Å². The Morgan fingerprint density at radius 2 is 1.68 bits per heavy atom. The number of amides is 1. The number of carbonyl (C=O) groups is 1. The smallest absolute Gasteiger partial charge is 0.257 e. The molecule has 0 saturated carbocycles. The van der Waals surface area contributed by atoms with Crippen LogP contribution < -0.4 is 5.32 Å². The molecule has 2 rings (SSSR count). The third-order valence-electron chi connectivity index (χ3n) is 2.37. The maximum atomic E-state index is 12.1. The minimum atomic E-state index is -0.406. The van der Waals surface area contributed by atoms with E-state index in [1.807, 2.05) is 0 Å². The van der Waals surface area contributed by atoms with Gasteiger partial charge in [-0.25, -0.2) is 0 Å². The summed E-state index contributed by atoms with van der Waals surface area (Å²) in [5.41, 5.74) is 0.681. The second-order valence-corrected chi connectivity index (χ2v) is 5.31. The predicted molar refractivity (Wildman–Crippen MR) is 80.9 cm³/mol. The quantitative estimate of drug-likeness (QED) is 0.766. The van der Waals surface area contributed by atoms with Crippen molar-refractivity contribution < 1.29 is 4.79 Å². The Hall–Kier alpha value is -0.930. The van der Waals surface area contributed by atoms with Crippen LogP contribution in [0.15, 0.2) is 36.4 Å². The van der Waals surface area contributed by atoms with E-state index in [1.54, 1.807) is 30.3 Å². The van der Waals surface area contributed by atoms with Crippen molar-refractivity contribution in [2.45, 2.75) is 0 Å². The van der Waals surface area contributed by atoms with E-state index in [9.17, 15) is 4.79 Å². The van der Waals surface area contributed by atoms with Gasteiger partial charge in [-0.05, 0) is 30.3 Å². The summed E-state index contributed by atoms with van der Waals surface area (Å²) in [5, 5.41) is 4.00. The van der Waals surface area contributed by atoms with E-state index in [0.717, 1.165) is 0 Å². The Kier molecular flexibility index (Phi) is 4.58. The largest absolute Gasteiger partial charge is 0.321 e. The molecule has 0 aliphatic carbocycles. The summed E-state index contributed by atoms with van der Waals surface area (Å²) in [6, 6.07) is 9.60. The first-order valence-corrected chi connectivity index (χ1v) is 6.70. The van der Waals surface area contributed by atoms with Gasteiger partial charge in [-0.15, -0.1) is 0 Å². The molecule has 2 aromatic carbocycles. The molecule has 0 radical (unpaired) electrons. The highest BCUT2D eigenvalue weighted by Gasteiger charge is 2.13. The lowest BCUT2D eigenvalue weighted by atomic mass is 10.2. The fourth-order valence-electron chi connectivity index (χ4n) is 1.46. The molecule has 2 nitrogen and oxygen atoms in total. The van der Waals surface area contributed by atoms with Crippen molar-refractivity contribution in [2.24, 2.45) is 0 Å². The van der Waals surface area contributed by atoms with E-state index in [2.05, 4.69) is 5.32 Å². The molecule has 0 fully saturated rings. The number of carbonyl (C=O) groups excluding carboxylic acids is 1. The molecule has 0 aliphatic heterocycles. The minimum absolute atomic E-state index is 0.269. The van der Waals surface area contributed by atoms with Crippen LogP contribution in [0.1, 0.15) is 10.4 Å². The van der Waals surface area contributed by atoms with Crippen LogP contribution in [-0.4, -0.2) is 5.91 Å². The summed E-state index contributed by atoms with van der Waals surface area (Å²) >= 11 is 23.6. The lowest BCUT2D eigenvalue weighted by Crippen LogP contribution is -2.12. The normalized spacial score (nSPS) is 10.3. The number of hydrogen-bond acceptors (Lipinski definition) is 1. The van der Waals surface area contributed by atoms with Crippen molar-refractivity contribution in [2.75, 3.05) is 5.32 Å². The van der Waals surface area contributed by atoms with E-state index in [0.29, 0.717) is 20.8 Å². The number of nitrogens with one attached hydrogen (secondary N) is 1. The standard InChI is InChI=1S/C13H7Cl4NO/c14-7-4-5-9(15)8(6-7)13(19)18-11-3-1-2-10(16)12(11)17/h1-6H,(H,18,19). The molecule has 1 amide bonds. The van der Waals surface area contributed by atoms with Crippen molar-refractivity contribution in [3.63, 3.8) is 0 Å². The first-order chi connectivity index (χ1) is 8.99. The number of halogens is 4. The van der Waals surface area contributed by atoms with Gasteiger partial charge in [0.25, 0.3) is 5.91 Å². The number of anilines is 1. The Labute approximate surface area is 130 Å². The van der Waals surface area contributed by atoms with Gasteiger partial charge in [0.2, 0.25) is 0 Å². The Morgan fingerprint density at radius 1 is 0.947 bits per heavy atom. The monoisotopic (exact) mass is 333 g/mol. The third-order valence-corrected chi connectivity index (χ3v) is 3.76. The molecule has 98 valence electrons. The molecular formula is C13H7Cl4NO. The highest BCUT2D eigenvalue weighted by atomic mass is 35.5. The van der Waals surface area contributed by atoms with Gasteiger partial charge >= 0.3 is 0 Å². The molecule has 6 heteroatoms. The fourth-order valence-corrected chi connectivity index (χ4v) is 2.18. The molecule has 2 aromatic rings. The Bertz CT molecular complexity index is 643. The summed E-state index contributed by atoms with van der Waals surface area (Å²) in [7, 11) is 0. The molecule has 0 saturated heterocycles. The summed E-state index contributed by atoms with van der Waals surface area (Å²) < 4.78 is 0. The zero-order valence-electron chi connectivity index (χ0n) is 9.38. The van der Waals surface area contributed by atoms with Crippen molar-refractivity contribution >= 4 is 58.0 Å². The van der Waals surface area contributed by atoms with Gasteiger partial charge < -0.3 is 5.32 Å². The molecule has 0 atom stereocenters. The molecule has 0 spiro atoms. The fraction of sp³-hybridized carbons (Fsp3) is 0. The first-order valence-electron chi connectivity index (χ1n) is 5.19. The molecule has 1 N–H and O–H groups in total. The van der Waals surface area contributed by atoms with Crippen molar-refractivity contribution in [3.8, 4) is 0 Å². The van der Waals surface area contributed by atoms with Gasteiger partial charge in [0.05, 0.1) is 26.3 Å². The summed E-state index contributed by atoms with van der Waals surface area (Å²) in [6.45, 7) is 0. The van der Waals surface area contributed by atoms with Gasteiger partial charge in [0, 0.05) is 5.02 Å². The average Bonchev–Trinajstić information content (AvgIpc) is 2.38. The van der Waals surface area contributed by atoms with Gasteiger partial charge in [0.15, 0.2) is 0 Å². The zero-order valence-corrected chi connectivity index (χ0v) is 12.4. The van der Waals surface area contributed by atoms with Crippen LogP contribution in [0.3, 0.4) is 0 Å². The van der Waals surface area contributed by atoms with Crippen LogP contribution >= 0.6 is 46.4 Å². The Balaban J connectivity index is 2.31. The maximum absolute atomic E-state index is 12.1. The van der Waals surface area contributed by atoms with Crippen molar-refractivity contribution in [1.29, 1.82) is 0 Å². The molecule has 0 aliphatic rings. The van der Waals surface area contributed by atoms with Gasteiger partial charge in [-0.2, -0.15) is 0 Å². The van der Waals surface area contributed by atoms with Gasteiger partial charge in [-0.1, -0.05) is 52.5 Å².